The van der Waals surface area contributed by atoms with E-state index >= 15 is 0 Å². The second kappa shape index (κ2) is 4.93. The van der Waals surface area contributed by atoms with Crippen molar-refractivity contribution in [3.8, 4) is 0 Å². The highest BCUT2D eigenvalue weighted by atomic mass is 127. The highest BCUT2D eigenvalue weighted by molar-refractivity contribution is 14.1. The van der Waals surface area contributed by atoms with Gasteiger partial charge in [-0.3, -0.25) is 9.36 Å². The Balaban J connectivity index is 2.69. The summed E-state index contributed by atoms with van der Waals surface area (Å²) in [6.07, 6.45) is 0. The highest BCUT2D eigenvalue weighted by Gasteiger charge is 2.33. The van der Waals surface area contributed by atoms with E-state index in [0.717, 1.165) is 14.2 Å². The molecule has 0 saturated heterocycles. The van der Waals surface area contributed by atoms with Crippen LogP contribution in [0.15, 0.2) is 14.3 Å². The Labute approximate surface area is 124 Å². The van der Waals surface area contributed by atoms with Crippen molar-refractivity contribution in [3.05, 3.63) is 24.0 Å². The van der Waals surface area contributed by atoms with E-state index < -0.39 is 6.04 Å². The van der Waals surface area contributed by atoms with Crippen LogP contribution < -0.4 is 5.56 Å². The molecule has 1 atom stereocenters. The van der Waals surface area contributed by atoms with Gasteiger partial charge in [-0.1, -0.05) is 0 Å². The molecule has 0 radical (unpaired) electrons. The van der Waals surface area contributed by atoms with Gasteiger partial charge >= 0.3 is 5.97 Å². The Morgan fingerprint density at radius 1 is 1.65 bits per heavy atom. The molecular weight excluding hydrogens is 421 g/mol. The normalized spacial score (nSPS) is 18.0. The third-order valence-electron chi connectivity index (χ3n) is 2.63. The molecule has 2 heterocycles. The lowest BCUT2D eigenvalue weighted by atomic mass is 10.2. The van der Waals surface area contributed by atoms with Crippen molar-refractivity contribution < 1.29 is 9.53 Å². The average Bonchev–Trinajstić information content (AvgIpc) is 2.77. The number of hydrogen-bond donors (Lipinski definition) is 0. The maximum absolute atomic E-state index is 12.2. The van der Waals surface area contributed by atoms with E-state index in [1.54, 1.807) is 0 Å². The summed E-state index contributed by atoms with van der Waals surface area (Å²) in [6.45, 7) is 1.89. The molecule has 4 nitrogen and oxygen atoms in total. The number of halogens is 2. The van der Waals surface area contributed by atoms with Gasteiger partial charge in [-0.2, -0.15) is 0 Å². The zero-order valence-electron chi connectivity index (χ0n) is 9.12. The van der Waals surface area contributed by atoms with E-state index in [-0.39, 0.29) is 11.5 Å². The molecule has 0 aliphatic carbocycles. The molecule has 1 aliphatic rings. The molecule has 17 heavy (non-hydrogen) atoms. The molecule has 7 heteroatoms. The zero-order chi connectivity index (χ0) is 12.7. The van der Waals surface area contributed by atoms with E-state index in [1.807, 2.05) is 6.92 Å². The van der Waals surface area contributed by atoms with Crippen LogP contribution in [0.4, 0.5) is 0 Å². The third-order valence-corrected chi connectivity index (χ3v) is 6.41. The van der Waals surface area contributed by atoms with Crippen molar-refractivity contribution in [2.45, 2.75) is 18.0 Å². The van der Waals surface area contributed by atoms with Gasteiger partial charge in [0.1, 0.15) is 6.04 Å². The maximum Gasteiger partial charge on any atom is 0.329 e. The molecule has 1 aromatic rings. The van der Waals surface area contributed by atoms with Gasteiger partial charge in [0.25, 0.3) is 5.56 Å². The summed E-state index contributed by atoms with van der Waals surface area (Å²) < 4.78 is 7.77. The molecule has 0 unspecified atom stereocenters. The van der Waals surface area contributed by atoms with Crippen LogP contribution in [0.3, 0.4) is 0 Å². The molecule has 0 fully saturated rings. The average molecular weight is 430 g/mol. The number of carbonyl (C=O) groups excluding carboxylic acids is 1. The summed E-state index contributed by atoms with van der Waals surface area (Å²) in [7, 11) is 1.34. The standard InChI is InChI=1S/C10H9BrINO3S/c1-4-6(11)8(14)13-5(10(15)16-2)3-17-9(13)7(4)12/h5H,3H2,1-2H3/t5-/m0/s1. The van der Waals surface area contributed by atoms with Gasteiger partial charge in [0.2, 0.25) is 0 Å². The van der Waals surface area contributed by atoms with Crippen molar-refractivity contribution in [3.63, 3.8) is 0 Å². The van der Waals surface area contributed by atoms with Crippen LogP contribution in [0.2, 0.25) is 0 Å². The lowest BCUT2D eigenvalue weighted by Gasteiger charge is -2.14. The Hall–Kier alpha value is -0.0200. The summed E-state index contributed by atoms with van der Waals surface area (Å²) in [5, 5.41) is 0.853. The predicted octanol–water partition coefficient (Wildman–Crippen LogP) is 2.34. The highest BCUT2D eigenvalue weighted by Crippen LogP contribution is 2.38. The van der Waals surface area contributed by atoms with Crippen molar-refractivity contribution in [1.82, 2.24) is 4.57 Å². The van der Waals surface area contributed by atoms with Crippen molar-refractivity contribution in [2.75, 3.05) is 12.9 Å². The minimum atomic E-state index is -0.516. The van der Waals surface area contributed by atoms with Crippen molar-refractivity contribution >= 4 is 56.3 Å². The number of methoxy groups -OCH3 is 1. The number of pyridine rings is 1. The molecule has 0 spiro atoms. The van der Waals surface area contributed by atoms with Gasteiger partial charge in [-0.15, -0.1) is 11.8 Å². The van der Waals surface area contributed by atoms with Gasteiger partial charge in [0.15, 0.2) is 0 Å². The SMILES string of the molecule is COC(=O)[C@@H]1CSc2c(I)c(C)c(Br)c(=O)n21. The number of carbonyl (C=O) groups is 1. The summed E-state index contributed by atoms with van der Waals surface area (Å²) >= 11 is 7.00. The van der Waals surface area contributed by atoms with E-state index in [0.29, 0.717) is 10.2 Å². The van der Waals surface area contributed by atoms with Crippen LogP contribution in [0, 0.1) is 10.5 Å². The van der Waals surface area contributed by atoms with E-state index in [9.17, 15) is 9.59 Å². The van der Waals surface area contributed by atoms with Gasteiger partial charge in [-0.05, 0) is 51.0 Å². The topological polar surface area (TPSA) is 48.3 Å². The monoisotopic (exact) mass is 429 g/mol. The summed E-state index contributed by atoms with van der Waals surface area (Å²) in [6, 6.07) is -0.516. The van der Waals surface area contributed by atoms with Crippen molar-refractivity contribution in [2.24, 2.45) is 0 Å². The molecule has 0 amide bonds. The number of ether oxygens (including phenoxy) is 1. The van der Waals surface area contributed by atoms with Crippen LogP contribution in [0.1, 0.15) is 11.6 Å². The van der Waals surface area contributed by atoms with Gasteiger partial charge in [0, 0.05) is 9.32 Å². The number of aromatic nitrogens is 1. The van der Waals surface area contributed by atoms with Crippen LogP contribution >= 0.6 is 50.3 Å². The third kappa shape index (κ3) is 2.06. The quantitative estimate of drug-likeness (QED) is 0.507. The lowest BCUT2D eigenvalue weighted by Crippen LogP contribution is -2.31. The van der Waals surface area contributed by atoms with Gasteiger partial charge < -0.3 is 4.74 Å². The van der Waals surface area contributed by atoms with Crippen LogP contribution in [0.25, 0.3) is 0 Å². The molecule has 92 valence electrons. The maximum atomic E-state index is 12.2. The number of nitrogens with zero attached hydrogens (tertiary/aromatic N) is 1. The van der Waals surface area contributed by atoms with E-state index in [4.69, 9.17) is 4.74 Å². The molecule has 2 rings (SSSR count). The Morgan fingerprint density at radius 3 is 2.88 bits per heavy atom. The Bertz CT molecular complexity index is 557. The lowest BCUT2D eigenvalue weighted by molar-refractivity contribution is -0.143. The molecule has 1 aliphatic heterocycles. The molecule has 1 aromatic heterocycles. The van der Waals surface area contributed by atoms with Crippen LogP contribution in [0.5, 0.6) is 0 Å². The second-order valence-electron chi connectivity index (χ2n) is 3.58. The number of fused-ring (bicyclic) bond motifs is 1. The minimum absolute atomic E-state index is 0.168. The number of thioether (sulfide) groups is 1. The zero-order valence-corrected chi connectivity index (χ0v) is 13.7. The first-order valence-corrected chi connectivity index (χ1v) is 7.65. The van der Waals surface area contributed by atoms with Crippen LogP contribution in [-0.2, 0) is 9.53 Å². The predicted molar refractivity (Wildman–Crippen MR) is 77.6 cm³/mol. The number of hydrogen-bond acceptors (Lipinski definition) is 4. The van der Waals surface area contributed by atoms with E-state index in [1.165, 1.54) is 23.4 Å². The smallest absolute Gasteiger partial charge is 0.329 e. The van der Waals surface area contributed by atoms with Crippen LogP contribution in [-0.4, -0.2) is 23.4 Å². The number of esters is 1. The first-order chi connectivity index (χ1) is 7.99. The molecule has 0 bridgehead atoms. The summed E-state index contributed by atoms with van der Waals surface area (Å²) in [4.78, 5) is 23.8. The first-order valence-electron chi connectivity index (χ1n) is 4.79. The van der Waals surface area contributed by atoms with E-state index in [2.05, 4.69) is 38.5 Å². The van der Waals surface area contributed by atoms with Gasteiger partial charge in [0.05, 0.1) is 16.6 Å². The second-order valence-corrected chi connectivity index (χ2v) is 6.46. The summed E-state index contributed by atoms with van der Waals surface area (Å²) in [5.74, 6) is 0.179. The first kappa shape index (κ1) is 13.4. The fraction of sp³-hybridized carbons (Fsp3) is 0.400. The Kier molecular flexibility index (Phi) is 3.89. The minimum Gasteiger partial charge on any atom is -0.467 e. The fourth-order valence-corrected chi connectivity index (χ4v) is 4.67. The Morgan fingerprint density at radius 2 is 2.29 bits per heavy atom. The molecule has 0 saturated carbocycles. The van der Waals surface area contributed by atoms with Gasteiger partial charge in [-0.25, -0.2) is 4.79 Å². The summed E-state index contributed by atoms with van der Waals surface area (Å²) in [5.41, 5.74) is 0.748. The fourth-order valence-electron chi connectivity index (χ4n) is 1.68. The molecule has 0 N–H and O–H groups in total. The molecular formula is C10H9BrINO3S. The van der Waals surface area contributed by atoms with Crippen molar-refractivity contribution in [1.29, 1.82) is 0 Å². The number of rotatable bonds is 1. The molecule has 0 aromatic carbocycles. The largest absolute Gasteiger partial charge is 0.467 e.